The van der Waals surface area contributed by atoms with E-state index in [0.29, 0.717) is 16.1 Å². The molecule has 0 bridgehead atoms. The number of sulfonamides is 1. The molecule has 4 nitrogen and oxygen atoms in total. The minimum absolute atomic E-state index is 0.0203. The van der Waals surface area contributed by atoms with Crippen molar-refractivity contribution in [1.82, 2.24) is 4.31 Å². The van der Waals surface area contributed by atoms with Crippen LogP contribution in [-0.2, 0) is 16.6 Å². The molecule has 0 atom stereocenters. The van der Waals surface area contributed by atoms with Crippen LogP contribution in [0.2, 0.25) is 5.02 Å². The van der Waals surface area contributed by atoms with E-state index in [-0.39, 0.29) is 12.3 Å². The number of benzene rings is 2. The third-order valence-electron chi connectivity index (χ3n) is 3.29. The Labute approximate surface area is 150 Å². The normalized spacial score (nSPS) is 12.2. The van der Waals surface area contributed by atoms with Crippen LogP contribution >= 0.6 is 11.6 Å². The van der Waals surface area contributed by atoms with Gasteiger partial charge in [0.15, 0.2) is 0 Å². The third kappa shape index (κ3) is 6.12. The van der Waals surface area contributed by atoms with Gasteiger partial charge in [-0.3, -0.25) is 0 Å². The molecule has 25 heavy (non-hydrogen) atoms. The highest BCUT2D eigenvalue weighted by Gasteiger charge is 2.14. The standard InChI is InChI=1S/C17H16ClF2NO3S/c1-21(12-14-4-8-16(9-5-14)24-17(19)20)25(22,23)11-10-13-2-6-15(18)7-3-13/h2-11,17H,12H2,1H3/b11-10+. The lowest BCUT2D eigenvalue weighted by atomic mass is 10.2. The predicted octanol–water partition coefficient (Wildman–Crippen LogP) is 4.37. The summed E-state index contributed by atoms with van der Waals surface area (Å²) in [5.74, 6) is 0.0203. The summed E-state index contributed by atoms with van der Waals surface area (Å²) in [7, 11) is -2.19. The minimum atomic E-state index is -3.63. The molecule has 0 aliphatic rings. The molecule has 2 aromatic rings. The van der Waals surface area contributed by atoms with Crippen LogP contribution in [0.4, 0.5) is 8.78 Å². The van der Waals surface area contributed by atoms with E-state index in [4.69, 9.17) is 11.6 Å². The van der Waals surface area contributed by atoms with E-state index in [0.717, 1.165) is 9.71 Å². The minimum Gasteiger partial charge on any atom is -0.435 e. The Hall–Kier alpha value is -1.96. The van der Waals surface area contributed by atoms with Crippen LogP contribution in [0.1, 0.15) is 11.1 Å². The van der Waals surface area contributed by atoms with Crippen molar-refractivity contribution in [3.05, 3.63) is 70.1 Å². The molecule has 2 aromatic carbocycles. The number of alkyl halides is 2. The Balaban J connectivity index is 2.03. The van der Waals surface area contributed by atoms with Gasteiger partial charge in [-0.15, -0.1) is 0 Å². The number of rotatable bonds is 7. The van der Waals surface area contributed by atoms with Crippen LogP contribution in [0, 0.1) is 0 Å². The molecule has 0 aliphatic carbocycles. The first-order chi connectivity index (χ1) is 11.8. The van der Waals surface area contributed by atoms with E-state index in [9.17, 15) is 17.2 Å². The molecule has 0 aromatic heterocycles. The van der Waals surface area contributed by atoms with Crippen LogP contribution in [0.25, 0.3) is 6.08 Å². The molecule has 134 valence electrons. The van der Waals surface area contributed by atoms with Gasteiger partial charge in [0.2, 0.25) is 10.0 Å². The molecule has 0 N–H and O–H groups in total. The molecular formula is C17H16ClF2NO3S. The van der Waals surface area contributed by atoms with Crippen molar-refractivity contribution >= 4 is 27.7 Å². The molecule has 0 spiro atoms. The Kier molecular flexibility index (Phi) is 6.52. The van der Waals surface area contributed by atoms with Crippen molar-refractivity contribution in [3.63, 3.8) is 0 Å². The summed E-state index contributed by atoms with van der Waals surface area (Å²) in [6.45, 7) is -2.80. The summed E-state index contributed by atoms with van der Waals surface area (Å²) >= 11 is 5.78. The number of nitrogens with zero attached hydrogens (tertiary/aromatic N) is 1. The average Bonchev–Trinajstić information content (AvgIpc) is 2.55. The van der Waals surface area contributed by atoms with Crippen LogP contribution in [-0.4, -0.2) is 26.4 Å². The quantitative estimate of drug-likeness (QED) is 0.708. The van der Waals surface area contributed by atoms with Crippen molar-refractivity contribution < 1.29 is 21.9 Å². The second-order valence-corrected chi connectivity index (χ2v) is 7.54. The molecule has 0 heterocycles. The van der Waals surface area contributed by atoms with Gasteiger partial charge in [0.25, 0.3) is 0 Å². The maximum Gasteiger partial charge on any atom is 0.387 e. The number of hydrogen-bond acceptors (Lipinski definition) is 3. The summed E-state index contributed by atoms with van der Waals surface area (Å²) in [5.41, 5.74) is 1.35. The Morgan fingerprint density at radius 1 is 1.12 bits per heavy atom. The Morgan fingerprint density at radius 3 is 2.28 bits per heavy atom. The Bertz CT molecular complexity index is 822. The fourth-order valence-electron chi connectivity index (χ4n) is 1.97. The Morgan fingerprint density at radius 2 is 1.72 bits per heavy atom. The first kappa shape index (κ1) is 19.4. The van der Waals surface area contributed by atoms with Gasteiger partial charge in [-0.25, -0.2) is 8.42 Å². The van der Waals surface area contributed by atoms with Crippen LogP contribution < -0.4 is 4.74 Å². The maximum atomic E-state index is 12.3. The van der Waals surface area contributed by atoms with Gasteiger partial charge in [-0.05, 0) is 41.5 Å². The van der Waals surface area contributed by atoms with Crippen molar-refractivity contribution in [2.24, 2.45) is 0 Å². The number of halogens is 3. The molecule has 8 heteroatoms. The second kappa shape index (κ2) is 8.42. The van der Waals surface area contributed by atoms with E-state index in [2.05, 4.69) is 4.74 Å². The first-order valence-electron chi connectivity index (χ1n) is 7.20. The van der Waals surface area contributed by atoms with Crippen molar-refractivity contribution in [2.45, 2.75) is 13.2 Å². The van der Waals surface area contributed by atoms with Crippen molar-refractivity contribution in [3.8, 4) is 5.75 Å². The molecule has 0 amide bonds. The molecule has 0 saturated carbocycles. The van der Waals surface area contributed by atoms with Crippen LogP contribution in [0.5, 0.6) is 5.75 Å². The number of hydrogen-bond donors (Lipinski definition) is 0. The van der Waals surface area contributed by atoms with Gasteiger partial charge >= 0.3 is 6.61 Å². The molecule has 0 fully saturated rings. The fourth-order valence-corrected chi connectivity index (χ4v) is 2.96. The highest BCUT2D eigenvalue weighted by Crippen LogP contribution is 2.17. The largest absolute Gasteiger partial charge is 0.435 e. The van der Waals surface area contributed by atoms with E-state index in [1.807, 2.05) is 0 Å². The van der Waals surface area contributed by atoms with E-state index >= 15 is 0 Å². The summed E-state index contributed by atoms with van der Waals surface area (Å²) < 4.78 is 54.2. The lowest BCUT2D eigenvalue weighted by Gasteiger charge is -2.15. The third-order valence-corrected chi connectivity index (χ3v) is 5.02. The van der Waals surface area contributed by atoms with Crippen molar-refractivity contribution in [2.75, 3.05) is 7.05 Å². The average molecular weight is 388 g/mol. The van der Waals surface area contributed by atoms with Gasteiger partial charge < -0.3 is 4.74 Å². The van der Waals surface area contributed by atoms with Crippen LogP contribution in [0.15, 0.2) is 53.9 Å². The second-order valence-electron chi connectivity index (χ2n) is 5.18. The van der Waals surface area contributed by atoms with Gasteiger partial charge in [0, 0.05) is 24.0 Å². The lowest BCUT2D eigenvalue weighted by molar-refractivity contribution is -0.0498. The van der Waals surface area contributed by atoms with E-state index < -0.39 is 16.6 Å². The van der Waals surface area contributed by atoms with Gasteiger partial charge in [0.05, 0.1) is 0 Å². The fraction of sp³-hybridized carbons (Fsp3) is 0.176. The topological polar surface area (TPSA) is 46.6 Å². The zero-order chi connectivity index (χ0) is 18.4. The molecule has 2 rings (SSSR count). The molecule has 0 saturated heterocycles. The highest BCUT2D eigenvalue weighted by atomic mass is 35.5. The van der Waals surface area contributed by atoms with Crippen molar-refractivity contribution in [1.29, 1.82) is 0 Å². The van der Waals surface area contributed by atoms with E-state index in [1.165, 1.54) is 37.4 Å². The zero-order valence-electron chi connectivity index (χ0n) is 13.3. The zero-order valence-corrected chi connectivity index (χ0v) is 14.8. The first-order valence-corrected chi connectivity index (χ1v) is 9.08. The van der Waals surface area contributed by atoms with Gasteiger partial charge in [-0.2, -0.15) is 13.1 Å². The SMILES string of the molecule is CN(Cc1ccc(OC(F)F)cc1)S(=O)(=O)/C=C/c1ccc(Cl)cc1. The highest BCUT2D eigenvalue weighted by molar-refractivity contribution is 7.92. The van der Waals surface area contributed by atoms with Gasteiger partial charge in [0.1, 0.15) is 5.75 Å². The smallest absolute Gasteiger partial charge is 0.387 e. The summed E-state index contributed by atoms with van der Waals surface area (Å²) in [6.07, 6.45) is 1.47. The monoisotopic (exact) mass is 387 g/mol. The lowest BCUT2D eigenvalue weighted by Crippen LogP contribution is -2.24. The maximum absolute atomic E-state index is 12.3. The number of ether oxygens (including phenoxy) is 1. The van der Waals surface area contributed by atoms with E-state index in [1.54, 1.807) is 24.3 Å². The molecule has 0 radical (unpaired) electrons. The summed E-state index contributed by atoms with van der Waals surface area (Å²) in [6, 6.07) is 12.5. The molecular weight excluding hydrogens is 372 g/mol. The summed E-state index contributed by atoms with van der Waals surface area (Å²) in [4.78, 5) is 0. The predicted molar refractivity (Wildman–Crippen MR) is 93.9 cm³/mol. The van der Waals surface area contributed by atoms with Crippen LogP contribution in [0.3, 0.4) is 0 Å². The summed E-state index contributed by atoms with van der Waals surface area (Å²) in [5, 5.41) is 1.67. The van der Waals surface area contributed by atoms with Gasteiger partial charge in [-0.1, -0.05) is 35.9 Å². The molecule has 0 unspecified atom stereocenters. The molecule has 0 aliphatic heterocycles.